The minimum absolute atomic E-state index is 0.107. The molecule has 0 radical (unpaired) electrons. The number of hydrogen-bond donors (Lipinski definition) is 1. The molecule has 0 aliphatic rings. The molecule has 2 aromatic carbocycles. The Hall–Kier alpha value is -2.36. The van der Waals surface area contributed by atoms with Gasteiger partial charge in [0.1, 0.15) is 0 Å². The number of hydrogen-bond acceptors (Lipinski definition) is 3. The molecule has 142 valence electrons. The normalized spacial score (nSPS) is 11.4. The molecule has 0 amide bonds. The highest BCUT2D eigenvalue weighted by Crippen LogP contribution is 2.31. The summed E-state index contributed by atoms with van der Waals surface area (Å²) in [7, 11) is 0. The molecule has 3 aromatic rings. The summed E-state index contributed by atoms with van der Waals surface area (Å²) in [5.41, 5.74) is 12.0. The van der Waals surface area contributed by atoms with Crippen LogP contribution in [0.2, 0.25) is 5.02 Å². The van der Waals surface area contributed by atoms with Crippen molar-refractivity contribution in [1.29, 1.82) is 0 Å². The molecule has 1 unspecified atom stereocenters. The summed E-state index contributed by atoms with van der Waals surface area (Å²) in [5.74, 6) is 0. The first-order valence-electron chi connectivity index (χ1n) is 9.07. The molecule has 1 heterocycles. The Balaban J connectivity index is 0.000000199. The Morgan fingerprint density at radius 2 is 1.74 bits per heavy atom. The molecular weight excluding hydrogens is 356 g/mol. The van der Waals surface area contributed by atoms with Crippen LogP contribution in [-0.2, 0) is 4.74 Å². The fraction of sp³-hybridized carbons (Fsp3) is 0.261. The summed E-state index contributed by atoms with van der Waals surface area (Å²) in [6, 6.07) is 17.7. The van der Waals surface area contributed by atoms with Crippen molar-refractivity contribution in [2.75, 3.05) is 12.3 Å². The minimum atomic E-state index is 0.107. The average Bonchev–Trinajstić information content (AvgIpc) is 2.64. The number of benzene rings is 2. The van der Waals surface area contributed by atoms with E-state index in [-0.39, 0.29) is 6.10 Å². The second-order valence-electron chi connectivity index (χ2n) is 6.41. The van der Waals surface area contributed by atoms with Gasteiger partial charge in [0.2, 0.25) is 0 Å². The van der Waals surface area contributed by atoms with Gasteiger partial charge in [0.15, 0.2) is 0 Å². The van der Waals surface area contributed by atoms with Crippen molar-refractivity contribution in [3.8, 4) is 11.1 Å². The Morgan fingerprint density at radius 1 is 1.04 bits per heavy atom. The molecule has 0 spiro atoms. The van der Waals surface area contributed by atoms with E-state index >= 15 is 0 Å². The molecule has 27 heavy (non-hydrogen) atoms. The predicted molar refractivity (Wildman–Crippen MR) is 115 cm³/mol. The molecule has 3 rings (SSSR count). The van der Waals surface area contributed by atoms with E-state index in [1.165, 1.54) is 11.1 Å². The van der Waals surface area contributed by atoms with Crippen molar-refractivity contribution in [2.24, 2.45) is 0 Å². The minimum Gasteiger partial charge on any atom is -0.399 e. The van der Waals surface area contributed by atoms with Crippen LogP contribution in [0.15, 0.2) is 60.8 Å². The largest absolute Gasteiger partial charge is 0.399 e. The van der Waals surface area contributed by atoms with Crippen LogP contribution in [0.4, 0.5) is 5.69 Å². The molecule has 2 N–H and O–H groups in total. The van der Waals surface area contributed by atoms with Crippen molar-refractivity contribution in [2.45, 2.75) is 33.8 Å². The first-order valence-corrected chi connectivity index (χ1v) is 9.45. The van der Waals surface area contributed by atoms with Crippen LogP contribution >= 0.6 is 11.6 Å². The quantitative estimate of drug-likeness (QED) is 0.532. The number of pyridine rings is 1. The van der Waals surface area contributed by atoms with Gasteiger partial charge in [0.25, 0.3) is 0 Å². The van der Waals surface area contributed by atoms with Gasteiger partial charge in [0.05, 0.1) is 11.8 Å². The molecule has 3 nitrogen and oxygen atoms in total. The lowest BCUT2D eigenvalue weighted by Crippen LogP contribution is -2.01. The van der Waals surface area contributed by atoms with Crippen LogP contribution in [0.25, 0.3) is 11.1 Å². The van der Waals surface area contributed by atoms with Crippen LogP contribution < -0.4 is 5.73 Å². The highest BCUT2D eigenvalue weighted by molar-refractivity contribution is 6.33. The van der Waals surface area contributed by atoms with E-state index in [9.17, 15) is 0 Å². The van der Waals surface area contributed by atoms with Crippen molar-refractivity contribution < 1.29 is 4.74 Å². The van der Waals surface area contributed by atoms with Gasteiger partial charge in [-0.3, -0.25) is 4.98 Å². The highest BCUT2D eigenvalue weighted by Gasteiger charge is 2.06. The fourth-order valence-corrected chi connectivity index (χ4v) is 3.03. The van der Waals surface area contributed by atoms with E-state index in [4.69, 9.17) is 22.1 Å². The summed E-state index contributed by atoms with van der Waals surface area (Å²) in [4.78, 5) is 4.27. The Kier molecular flexibility index (Phi) is 7.83. The third-order valence-electron chi connectivity index (χ3n) is 4.19. The molecular formula is C23H27ClN2O. The molecule has 0 saturated heterocycles. The number of nitrogens with zero attached hydrogens (tertiary/aromatic N) is 1. The number of ether oxygens (including phenoxy) is 1. The summed E-state index contributed by atoms with van der Waals surface area (Å²) in [6.07, 6.45) is 1.97. The zero-order valence-electron chi connectivity index (χ0n) is 16.4. The smallest absolute Gasteiger partial charge is 0.0966 e. The van der Waals surface area contributed by atoms with Gasteiger partial charge in [0, 0.05) is 29.1 Å². The number of halogens is 1. The van der Waals surface area contributed by atoms with Crippen LogP contribution in [0, 0.1) is 13.8 Å². The summed E-state index contributed by atoms with van der Waals surface area (Å²) in [5, 5.41) is 0.778. The van der Waals surface area contributed by atoms with Gasteiger partial charge in [-0.15, -0.1) is 0 Å². The van der Waals surface area contributed by atoms with Crippen LogP contribution in [0.5, 0.6) is 0 Å². The average molecular weight is 383 g/mol. The number of aromatic nitrogens is 1. The lowest BCUT2D eigenvalue weighted by Gasteiger charge is -2.10. The molecule has 4 heteroatoms. The Morgan fingerprint density at radius 3 is 2.30 bits per heavy atom. The number of rotatable bonds is 4. The van der Waals surface area contributed by atoms with Gasteiger partial charge in [-0.2, -0.15) is 0 Å². The molecule has 0 fully saturated rings. The third kappa shape index (κ3) is 6.09. The predicted octanol–water partition coefficient (Wildman–Crippen LogP) is 6.39. The molecule has 0 aliphatic heterocycles. The second-order valence-corrected chi connectivity index (χ2v) is 6.82. The molecule has 0 bridgehead atoms. The van der Waals surface area contributed by atoms with Crippen molar-refractivity contribution in [3.63, 3.8) is 0 Å². The van der Waals surface area contributed by atoms with E-state index in [1.807, 2.05) is 69.4 Å². The van der Waals surface area contributed by atoms with Crippen LogP contribution in [-0.4, -0.2) is 11.6 Å². The second kappa shape index (κ2) is 10.1. The monoisotopic (exact) mass is 382 g/mol. The molecule has 1 atom stereocenters. The van der Waals surface area contributed by atoms with Crippen LogP contribution in [0.1, 0.15) is 36.8 Å². The van der Waals surface area contributed by atoms with E-state index < -0.39 is 0 Å². The number of nitrogens with two attached hydrogens (primary N) is 1. The van der Waals surface area contributed by atoms with Gasteiger partial charge in [-0.1, -0.05) is 41.9 Å². The zero-order valence-corrected chi connectivity index (χ0v) is 17.1. The fourth-order valence-electron chi connectivity index (χ4n) is 2.70. The highest BCUT2D eigenvalue weighted by atomic mass is 35.5. The molecule has 1 aromatic heterocycles. The third-order valence-corrected chi connectivity index (χ3v) is 4.50. The maximum atomic E-state index is 6.17. The van der Waals surface area contributed by atoms with Crippen molar-refractivity contribution >= 4 is 17.3 Å². The summed E-state index contributed by atoms with van der Waals surface area (Å²) >= 11 is 6.17. The number of nitrogen functional groups attached to an aromatic ring is 1. The van der Waals surface area contributed by atoms with Gasteiger partial charge in [-0.25, -0.2) is 0 Å². The number of aryl methyl sites for hydroxylation is 2. The maximum Gasteiger partial charge on any atom is 0.0966 e. The van der Waals surface area contributed by atoms with Crippen LogP contribution in [0.3, 0.4) is 0 Å². The van der Waals surface area contributed by atoms with Gasteiger partial charge in [-0.05, 0) is 68.7 Å². The topological polar surface area (TPSA) is 48.1 Å². The van der Waals surface area contributed by atoms with Crippen molar-refractivity contribution in [1.82, 2.24) is 4.98 Å². The SMILES string of the molecule is CCOC(C)c1ccc(C)cn1.Cc1cccc(Cl)c1-c1ccc(N)cc1. The maximum absolute atomic E-state index is 6.17. The van der Waals surface area contributed by atoms with E-state index in [2.05, 4.69) is 24.0 Å². The standard InChI is InChI=1S/C13H12ClN.C10H15NO/c1-9-3-2-4-12(14)13(9)10-5-7-11(15)8-6-10;1-4-12-9(3)10-6-5-8(2)7-11-10/h2-8H,15H2,1H3;5-7,9H,4H2,1-3H3. The summed E-state index contributed by atoms with van der Waals surface area (Å²) in [6.45, 7) is 8.82. The number of anilines is 1. The summed E-state index contributed by atoms with van der Waals surface area (Å²) < 4.78 is 5.41. The van der Waals surface area contributed by atoms with E-state index in [0.29, 0.717) is 0 Å². The Labute approximate surface area is 167 Å². The van der Waals surface area contributed by atoms with E-state index in [1.54, 1.807) is 0 Å². The van der Waals surface area contributed by atoms with Crippen molar-refractivity contribution in [3.05, 3.63) is 82.6 Å². The Bertz CT molecular complexity index is 825. The lowest BCUT2D eigenvalue weighted by molar-refractivity contribution is 0.0733. The first kappa shape index (κ1) is 20.9. The lowest BCUT2D eigenvalue weighted by atomic mass is 10.0. The molecule has 0 aliphatic carbocycles. The van der Waals surface area contributed by atoms with E-state index in [0.717, 1.165) is 34.1 Å². The van der Waals surface area contributed by atoms with Gasteiger partial charge < -0.3 is 10.5 Å². The van der Waals surface area contributed by atoms with Gasteiger partial charge >= 0.3 is 0 Å². The first-order chi connectivity index (χ1) is 12.9. The zero-order chi connectivity index (χ0) is 19.8. The molecule has 0 saturated carbocycles.